The van der Waals surface area contributed by atoms with Crippen molar-refractivity contribution in [1.29, 1.82) is 0 Å². The number of hydrogen-bond donors (Lipinski definition) is 1. The van der Waals surface area contributed by atoms with E-state index in [0.717, 1.165) is 0 Å². The fourth-order valence-electron chi connectivity index (χ4n) is 1.51. The van der Waals surface area contributed by atoms with Crippen molar-refractivity contribution in [2.75, 3.05) is 19.0 Å². The highest BCUT2D eigenvalue weighted by atomic mass is 19.4. The molecular weight excluding hydrogens is 297 g/mol. The number of nitrogens with zero attached hydrogens (tertiary/aromatic N) is 2. The highest BCUT2D eigenvalue weighted by molar-refractivity contribution is 5.84. The van der Waals surface area contributed by atoms with Crippen LogP contribution in [0.1, 0.15) is 0 Å². The van der Waals surface area contributed by atoms with E-state index in [0.29, 0.717) is 5.52 Å². The molecule has 2 aromatic rings. The second-order valence-corrected chi connectivity index (χ2v) is 4.11. The van der Waals surface area contributed by atoms with Gasteiger partial charge in [-0.15, -0.1) is 0 Å². The number of halogens is 5. The van der Waals surface area contributed by atoms with E-state index >= 15 is 0 Å². The average molecular weight is 307 g/mol. The third kappa shape index (κ3) is 3.11. The lowest BCUT2D eigenvalue weighted by atomic mass is 10.2. The van der Waals surface area contributed by atoms with Crippen LogP contribution < -0.4 is 10.1 Å². The first-order chi connectivity index (χ1) is 9.74. The summed E-state index contributed by atoms with van der Waals surface area (Å²) in [6.45, 7) is -1.85. The summed E-state index contributed by atoms with van der Waals surface area (Å²) in [6.07, 6.45) is -5.68. The number of fused-ring (bicyclic) bond motifs is 1. The SMILES string of the molecule is CNc1nc(OCC(F)(F)C(F)(F)F)c2ccccc2n1. The van der Waals surface area contributed by atoms with Crippen LogP contribution in [-0.4, -0.2) is 35.7 Å². The number of anilines is 1. The zero-order chi connectivity index (χ0) is 15.7. The Kier molecular flexibility index (Phi) is 3.84. The van der Waals surface area contributed by atoms with E-state index in [1.807, 2.05) is 0 Å². The molecule has 4 nitrogen and oxygen atoms in total. The van der Waals surface area contributed by atoms with Crippen molar-refractivity contribution in [1.82, 2.24) is 9.97 Å². The Labute approximate surface area is 116 Å². The smallest absolute Gasteiger partial charge is 0.456 e. The van der Waals surface area contributed by atoms with Crippen LogP contribution in [0.15, 0.2) is 24.3 Å². The van der Waals surface area contributed by atoms with Crippen molar-refractivity contribution in [2.45, 2.75) is 12.1 Å². The summed E-state index contributed by atoms with van der Waals surface area (Å²) in [7, 11) is 1.48. The zero-order valence-corrected chi connectivity index (χ0v) is 10.7. The molecule has 0 radical (unpaired) electrons. The van der Waals surface area contributed by atoms with E-state index in [1.54, 1.807) is 18.2 Å². The molecular formula is C12H10F5N3O. The molecule has 1 aromatic carbocycles. The molecule has 1 heterocycles. The third-order valence-electron chi connectivity index (χ3n) is 2.60. The maximum atomic E-state index is 12.9. The molecule has 114 valence electrons. The van der Waals surface area contributed by atoms with E-state index < -0.39 is 18.7 Å². The first-order valence-corrected chi connectivity index (χ1v) is 5.76. The Balaban J connectivity index is 2.34. The largest absolute Gasteiger partial charge is 0.470 e. The molecule has 0 saturated heterocycles. The van der Waals surface area contributed by atoms with Gasteiger partial charge in [0, 0.05) is 7.05 Å². The molecule has 9 heteroatoms. The predicted molar refractivity (Wildman–Crippen MR) is 65.6 cm³/mol. The molecule has 0 fully saturated rings. The Hall–Kier alpha value is -2.19. The van der Waals surface area contributed by atoms with Gasteiger partial charge in [-0.05, 0) is 12.1 Å². The molecule has 0 aliphatic carbocycles. The topological polar surface area (TPSA) is 47.0 Å². The summed E-state index contributed by atoms with van der Waals surface area (Å²) in [5, 5.41) is 2.82. The van der Waals surface area contributed by atoms with Crippen molar-refractivity contribution in [3.63, 3.8) is 0 Å². The van der Waals surface area contributed by atoms with Crippen LogP contribution in [0, 0.1) is 0 Å². The van der Waals surface area contributed by atoms with Crippen LogP contribution in [0.3, 0.4) is 0 Å². The second-order valence-electron chi connectivity index (χ2n) is 4.11. The van der Waals surface area contributed by atoms with E-state index in [1.165, 1.54) is 13.1 Å². The van der Waals surface area contributed by atoms with Gasteiger partial charge in [-0.2, -0.15) is 26.9 Å². The molecule has 0 saturated carbocycles. The van der Waals surface area contributed by atoms with Crippen molar-refractivity contribution < 1.29 is 26.7 Å². The maximum absolute atomic E-state index is 12.9. The summed E-state index contributed by atoms with van der Waals surface area (Å²) in [5.74, 6) is -5.24. The normalized spacial score (nSPS) is 12.5. The summed E-state index contributed by atoms with van der Waals surface area (Å²) < 4.78 is 66.7. The lowest BCUT2D eigenvalue weighted by Crippen LogP contribution is -2.41. The van der Waals surface area contributed by atoms with Gasteiger partial charge in [-0.1, -0.05) is 12.1 Å². The number of rotatable bonds is 4. The molecule has 21 heavy (non-hydrogen) atoms. The molecule has 0 bridgehead atoms. The number of para-hydroxylation sites is 1. The fraction of sp³-hybridized carbons (Fsp3) is 0.333. The molecule has 2 rings (SSSR count). The molecule has 1 aromatic heterocycles. The van der Waals surface area contributed by atoms with Gasteiger partial charge in [0.25, 0.3) is 0 Å². The second kappa shape index (κ2) is 5.30. The van der Waals surface area contributed by atoms with Crippen molar-refractivity contribution in [3.8, 4) is 5.88 Å². The molecule has 0 aliphatic heterocycles. The first-order valence-electron chi connectivity index (χ1n) is 5.76. The average Bonchev–Trinajstić information content (AvgIpc) is 2.43. The van der Waals surface area contributed by atoms with Gasteiger partial charge in [-0.25, -0.2) is 4.98 Å². The van der Waals surface area contributed by atoms with Gasteiger partial charge in [0.15, 0.2) is 6.61 Å². The lowest BCUT2D eigenvalue weighted by Gasteiger charge is -2.20. The molecule has 0 amide bonds. The van der Waals surface area contributed by atoms with Gasteiger partial charge in [0.2, 0.25) is 11.8 Å². The number of hydrogen-bond acceptors (Lipinski definition) is 4. The fourth-order valence-corrected chi connectivity index (χ4v) is 1.51. The van der Waals surface area contributed by atoms with Crippen LogP contribution in [-0.2, 0) is 0 Å². The third-order valence-corrected chi connectivity index (χ3v) is 2.60. The number of alkyl halides is 5. The quantitative estimate of drug-likeness (QED) is 0.881. The Morgan fingerprint density at radius 3 is 2.38 bits per heavy atom. The summed E-state index contributed by atoms with van der Waals surface area (Å²) in [5.41, 5.74) is 0.363. The lowest BCUT2D eigenvalue weighted by molar-refractivity contribution is -0.290. The van der Waals surface area contributed by atoms with Gasteiger partial charge >= 0.3 is 12.1 Å². The summed E-state index contributed by atoms with van der Waals surface area (Å²) in [6, 6.07) is 6.24. The van der Waals surface area contributed by atoms with Crippen LogP contribution in [0.25, 0.3) is 10.9 Å². The highest BCUT2D eigenvalue weighted by Crippen LogP contribution is 2.36. The highest BCUT2D eigenvalue weighted by Gasteiger charge is 2.58. The van der Waals surface area contributed by atoms with Crippen molar-refractivity contribution in [2.24, 2.45) is 0 Å². The monoisotopic (exact) mass is 307 g/mol. The molecule has 0 atom stereocenters. The summed E-state index contributed by atoms with van der Waals surface area (Å²) >= 11 is 0. The Morgan fingerprint density at radius 1 is 1.10 bits per heavy atom. The first kappa shape index (κ1) is 15.2. The minimum absolute atomic E-state index is 0.0547. The van der Waals surface area contributed by atoms with Crippen LogP contribution in [0.5, 0.6) is 5.88 Å². The molecule has 1 N–H and O–H groups in total. The van der Waals surface area contributed by atoms with Gasteiger partial charge in [0.05, 0.1) is 10.9 Å². The zero-order valence-electron chi connectivity index (χ0n) is 10.7. The van der Waals surface area contributed by atoms with E-state index in [-0.39, 0.29) is 17.2 Å². The standard InChI is InChI=1S/C12H10F5N3O/c1-18-10-19-8-5-3-2-4-7(8)9(20-10)21-6-11(13,14)12(15,16)17/h2-5H,6H2,1H3,(H,18,19,20). The maximum Gasteiger partial charge on any atom is 0.456 e. The van der Waals surface area contributed by atoms with E-state index in [9.17, 15) is 22.0 Å². The predicted octanol–water partition coefficient (Wildman–Crippen LogP) is 3.25. The van der Waals surface area contributed by atoms with Crippen LogP contribution >= 0.6 is 0 Å². The van der Waals surface area contributed by atoms with Gasteiger partial charge in [-0.3, -0.25) is 0 Å². The van der Waals surface area contributed by atoms with Crippen LogP contribution in [0.4, 0.5) is 27.9 Å². The minimum atomic E-state index is -5.68. The number of benzene rings is 1. The molecule has 0 unspecified atom stereocenters. The minimum Gasteiger partial charge on any atom is -0.470 e. The van der Waals surface area contributed by atoms with Crippen LogP contribution in [0.2, 0.25) is 0 Å². The molecule has 0 aliphatic rings. The summed E-state index contributed by atoms with van der Waals surface area (Å²) in [4.78, 5) is 7.79. The number of nitrogens with one attached hydrogen (secondary N) is 1. The van der Waals surface area contributed by atoms with Gasteiger partial charge in [0.1, 0.15) is 0 Å². The number of ether oxygens (including phenoxy) is 1. The molecule has 0 spiro atoms. The van der Waals surface area contributed by atoms with E-state index in [4.69, 9.17) is 0 Å². The Bertz CT molecular complexity index is 644. The van der Waals surface area contributed by atoms with E-state index in [2.05, 4.69) is 20.0 Å². The van der Waals surface area contributed by atoms with Gasteiger partial charge < -0.3 is 10.1 Å². The van der Waals surface area contributed by atoms with Crippen molar-refractivity contribution in [3.05, 3.63) is 24.3 Å². The Morgan fingerprint density at radius 2 is 1.76 bits per heavy atom. The number of aromatic nitrogens is 2. The van der Waals surface area contributed by atoms with Crippen molar-refractivity contribution >= 4 is 16.9 Å².